The first-order chi connectivity index (χ1) is 14.2. The van der Waals surface area contributed by atoms with Crippen molar-refractivity contribution in [3.05, 3.63) is 57.1 Å². The summed E-state index contributed by atoms with van der Waals surface area (Å²) in [6.45, 7) is 3.63. The van der Waals surface area contributed by atoms with Crippen molar-refractivity contribution < 1.29 is 23.4 Å². The second kappa shape index (κ2) is 9.01. The van der Waals surface area contributed by atoms with Gasteiger partial charge in [-0.1, -0.05) is 11.6 Å². The second-order valence-electron chi connectivity index (χ2n) is 7.21. The fourth-order valence-corrected chi connectivity index (χ4v) is 4.34. The minimum absolute atomic E-state index is 0.102. The lowest BCUT2D eigenvalue weighted by molar-refractivity contribution is -0.385. The van der Waals surface area contributed by atoms with Gasteiger partial charge in [-0.2, -0.15) is 0 Å². The zero-order valence-corrected chi connectivity index (χ0v) is 18.0. The van der Waals surface area contributed by atoms with E-state index in [2.05, 4.69) is 5.32 Å². The van der Waals surface area contributed by atoms with Crippen molar-refractivity contribution in [3.8, 4) is 5.75 Å². The summed E-state index contributed by atoms with van der Waals surface area (Å²) in [5.41, 5.74) is -0.267. The van der Waals surface area contributed by atoms with Crippen molar-refractivity contribution in [1.82, 2.24) is 0 Å². The molecule has 0 radical (unpaired) electrons. The Hall–Kier alpha value is -2.65. The standard InChI is InChI=1S/C20H21ClN2O6S/c1-20(2)15-11-18(17(23(25)26)12-16(15)22-19(24)29-20)28-9-3-4-10-30(27)14-7-5-13(21)6-8-14/h5-8,11-12H,3-4,9-10H2,1-2H3,(H,22,24). The Morgan fingerprint density at radius 1 is 1.23 bits per heavy atom. The molecule has 0 bridgehead atoms. The summed E-state index contributed by atoms with van der Waals surface area (Å²) in [6, 6.07) is 9.66. The molecule has 1 N–H and O–H groups in total. The topological polar surface area (TPSA) is 108 Å². The van der Waals surface area contributed by atoms with Gasteiger partial charge in [-0.25, -0.2) is 4.79 Å². The molecular weight excluding hydrogens is 432 g/mol. The largest absolute Gasteiger partial charge is 0.487 e. The van der Waals surface area contributed by atoms with Gasteiger partial charge in [-0.15, -0.1) is 0 Å². The predicted molar refractivity (Wildman–Crippen MR) is 114 cm³/mol. The lowest BCUT2D eigenvalue weighted by Gasteiger charge is -2.32. The summed E-state index contributed by atoms with van der Waals surface area (Å²) in [5, 5.41) is 14.5. The third-order valence-corrected chi connectivity index (χ3v) is 6.30. The molecule has 0 saturated carbocycles. The fourth-order valence-electron chi connectivity index (χ4n) is 3.07. The highest BCUT2D eigenvalue weighted by Gasteiger charge is 2.36. The number of nitro groups is 1. The molecule has 1 atom stereocenters. The molecule has 0 aliphatic carbocycles. The summed E-state index contributed by atoms with van der Waals surface area (Å²) in [4.78, 5) is 23.2. The SMILES string of the molecule is CC1(C)OC(=O)Nc2cc([N+](=O)[O-])c(OCCCCS(=O)c3ccc(Cl)cc3)cc21. The zero-order valence-electron chi connectivity index (χ0n) is 16.5. The van der Waals surface area contributed by atoms with Crippen molar-refractivity contribution >= 4 is 39.9 Å². The predicted octanol–water partition coefficient (Wildman–Crippen LogP) is 5.01. The van der Waals surface area contributed by atoms with Crippen LogP contribution < -0.4 is 10.1 Å². The third kappa shape index (κ3) is 5.09. The quantitative estimate of drug-likeness (QED) is 0.342. The number of halogens is 1. The van der Waals surface area contributed by atoms with Crippen LogP contribution in [0.25, 0.3) is 0 Å². The highest BCUT2D eigenvalue weighted by molar-refractivity contribution is 7.85. The number of hydrogen-bond acceptors (Lipinski definition) is 6. The Morgan fingerprint density at radius 2 is 1.93 bits per heavy atom. The molecule has 1 aliphatic rings. The van der Waals surface area contributed by atoms with Crippen LogP contribution in [0.3, 0.4) is 0 Å². The summed E-state index contributed by atoms with van der Waals surface area (Å²) < 4.78 is 23.2. The number of fused-ring (bicyclic) bond motifs is 1. The summed E-state index contributed by atoms with van der Waals surface area (Å²) in [5.74, 6) is 0.551. The van der Waals surface area contributed by atoms with E-state index in [4.69, 9.17) is 21.1 Å². The molecule has 30 heavy (non-hydrogen) atoms. The van der Waals surface area contributed by atoms with Crippen molar-refractivity contribution in [3.63, 3.8) is 0 Å². The van der Waals surface area contributed by atoms with Gasteiger partial charge in [0.15, 0.2) is 5.75 Å². The van der Waals surface area contributed by atoms with E-state index in [0.717, 1.165) is 0 Å². The van der Waals surface area contributed by atoms with Crippen LogP contribution in [-0.4, -0.2) is 27.6 Å². The molecular formula is C20H21ClN2O6S. The van der Waals surface area contributed by atoms with E-state index >= 15 is 0 Å². The number of hydrogen-bond donors (Lipinski definition) is 1. The van der Waals surface area contributed by atoms with Crippen LogP contribution in [0.15, 0.2) is 41.3 Å². The van der Waals surface area contributed by atoms with Gasteiger partial charge in [-0.05, 0) is 57.0 Å². The van der Waals surface area contributed by atoms with Gasteiger partial charge in [0, 0.05) is 27.3 Å². The Labute approximate surface area is 181 Å². The number of nitro benzene ring substituents is 1. The van der Waals surface area contributed by atoms with E-state index in [1.54, 1.807) is 38.1 Å². The lowest BCUT2D eigenvalue weighted by Crippen LogP contribution is -2.34. The van der Waals surface area contributed by atoms with Gasteiger partial charge in [0.05, 0.1) is 28.0 Å². The molecule has 0 spiro atoms. The smallest absolute Gasteiger partial charge is 0.412 e. The number of anilines is 1. The molecule has 1 aliphatic heterocycles. The van der Waals surface area contributed by atoms with Gasteiger partial charge in [0.25, 0.3) is 0 Å². The normalized spacial score (nSPS) is 15.5. The Balaban J connectivity index is 1.62. The van der Waals surface area contributed by atoms with E-state index in [1.165, 1.54) is 12.1 Å². The number of carbonyl (C=O) groups excluding carboxylic acids is 1. The molecule has 8 nitrogen and oxygen atoms in total. The Morgan fingerprint density at radius 3 is 2.60 bits per heavy atom. The Bertz CT molecular complexity index is 994. The Kier molecular flexibility index (Phi) is 6.62. The van der Waals surface area contributed by atoms with Crippen LogP contribution in [0.4, 0.5) is 16.2 Å². The molecule has 3 rings (SSSR count). The molecule has 10 heteroatoms. The maximum Gasteiger partial charge on any atom is 0.412 e. The highest BCUT2D eigenvalue weighted by Crippen LogP contribution is 2.42. The van der Waals surface area contributed by atoms with Crippen LogP contribution in [0, 0.1) is 10.1 Å². The number of unbranched alkanes of at least 4 members (excludes halogenated alkanes) is 1. The number of cyclic esters (lactones) is 1. The monoisotopic (exact) mass is 452 g/mol. The first-order valence-corrected chi connectivity index (χ1v) is 11.0. The molecule has 0 fully saturated rings. The van der Waals surface area contributed by atoms with E-state index in [9.17, 15) is 19.1 Å². The van der Waals surface area contributed by atoms with Gasteiger partial charge in [-0.3, -0.25) is 19.6 Å². The maximum absolute atomic E-state index is 12.3. The van der Waals surface area contributed by atoms with Crippen molar-refractivity contribution in [2.75, 3.05) is 17.7 Å². The number of carbonyl (C=O) groups is 1. The first kappa shape index (κ1) is 22.0. The van der Waals surface area contributed by atoms with Crippen molar-refractivity contribution in [2.24, 2.45) is 0 Å². The summed E-state index contributed by atoms with van der Waals surface area (Å²) >= 11 is 5.83. The average molecular weight is 453 g/mol. The summed E-state index contributed by atoms with van der Waals surface area (Å²) in [7, 11) is -1.15. The third-order valence-electron chi connectivity index (χ3n) is 4.59. The molecule has 0 aromatic heterocycles. The van der Waals surface area contributed by atoms with Crippen LogP contribution in [-0.2, 0) is 21.1 Å². The minimum atomic E-state index is -1.15. The lowest BCUT2D eigenvalue weighted by atomic mass is 9.94. The number of benzene rings is 2. The van der Waals surface area contributed by atoms with E-state index in [0.29, 0.717) is 39.8 Å². The average Bonchev–Trinajstić information content (AvgIpc) is 2.67. The number of rotatable bonds is 8. The van der Waals surface area contributed by atoms with Gasteiger partial charge >= 0.3 is 11.8 Å². The number of nitrogens with one attached hydrogen (secondary N) is 1. The fraction of sp³-hybridized carbons (Fsp3) is 0.350. The molecule has 2 aromatic rings. The van der Waals surface area contributed by atoms with Crippen LogP contribution in [0.5, 0.6) is 5.75 Å². The van der Waals surface area contributed by atoms with Crippen LogP contribution >= 0.6 is 11.6 Å². The number of ether oxygens (including phenoxy) is 2. The van der Waals surface area contributed by atoms with E-state index in [-0.39, 0.29) is 18.0 Å². The van der Waals surface area contributed by atoms with Crippen LogP contribution in [0.2, 0.25) is 5.02 Å². The van der Waals surface area contributed by atoms with Gasteiger partial charge in [0.2, 0.25) is 0 Å². The first-order valence-electron chi connectivity index (χ1n) is 9.27. The minimum Gasteiger partial charge on any atom is -0.487 e. The highest BCUT2D eigenvalue weighted by atomic mass is 35.5. The molecule has 1 unspecified atom stereocenters. The molecule has 160 valence electrons. The number of amides is 1. The second-order valence-corrected chi connectivity index (χ2v) is 9.21. The van der Waals surface area contributed by atoms with Crippen molar-refractivity contribution in [1.29, 1.82) is 0 Å². The molecule has 0 saturated heterocycles. The molecule has 1 heterocycles. The van der Waals surface area contributed by atoms with Gasteiger partial charge < -0.3 is 9.47 Å². The van der Waals surface area contributed by atoms with Gasteiger partial charge in [0.1, 0.15) is 5.60 Å². The molecule has 1 amide bonds. The summed E-state index contributed by atoms with van der Waals surface area (Å²) in [6.07, 6.45) is 0.534. The maximum atomic E-state index is 12.3. The molecule has 2 aromatic carbocycles. The van der Waals surface area contributed by atoms with E-state index < -0.39 is 27.4 Å². The number of nitrogens with zero attached hydrogens (tertiary/aromatic N) is 1. The van der Waals surface area contributed by atoms with Crippen LogP contribution in [0.1, 0.15) is 32.3 Å². The zero-order chi connectivity index (χ0) is 21.9. The van der Waals surface area contributed by atoms with E-state index in [1.807, 2.05) is 0 Å². The van der Waals surface area contributed by atoms with Crippen molar-refractivity contribution in [2.45, 2.75) is 37.2 Å².